The highest BCUT2D eigenvalue weighted by Gasteiger charge is 2.24. The molecule has 0 bridgehead atoms. The summed E-state index contributed by atoms with van der Waals surface area (Å²) in [6.45, 7) is 2.67. The van der Waals surface area contributed by atoms with Gasteiger partial charge in [0.25, 0.3) is 10.0 Å². The highest BCUT2D eigenvalue weighted by atomic mass is 79.9. The maximum Gasteiger partial charge on any atom is 0.252 e. The van der Waals surface area contributed by atoms with Gasteiger partial charge in [-0.2, -0.15) is 4.31 Å². The summed E-state index contributed by atoms with van der Waals surface area (Å²) < 4.78 is 28.0. The molecular weight excluding hydrogens is 384 g/mol. The first kappa shape index (κ1) is 17.5. The number of sulfonamides is 1. The van der Waals surface area contributed by atoms with Gasteiger partial charge < -0.3 is 4.90 Å². The van der Waals surface area contributed by atoms with Crippen molar-refractivity contribution >= 4 is 43.0 Å². The molecule has 0 aliphatic rings. The summed E-state index contributed by atoms with van der Waals surface area (Å²) in [5, 5.41) is 0. The molecular formula is C15H19BrN2O2S2. The summed E-state index contributed by atoms with van der Waals surface area (Å²) in [7, 11) is 0.514. The van der Waals surface area contributed by atoms with Gasteiger partial charge in [0.15, 0.2) is 0 Å². The van der Waals surface area contributed by atoms with Crippen molar-refractivity contribution in [2.45, 2.75) is 17.7 Å². The van der Waals surface area contributed by atoms with Crippen molar-refractivity contribution in [1.29, 1.82) is 0 Å². The van der Waals surface area contributed by atoms with Gasteiger partial charge in [-0.05, 0) is 45.8 Å². The summed E-state index contributed by atoms with van der Waals surface area (Å²) in [6, 6.07) is 11.3. The second kappa shape index (κ2) is 7.12. The third-order valence-corrected chi connectivity index (χ3v) is 7.32. The molecule has 4 nitrogen and oxygen atoms in total. The Morgan fingerprint density at radius 2 is 1.73 bits per heavy atom. The Kier molecular flexibility index (Phi) is 5.65. The van der Waals surface area contributed by atoms with Crippen LogP contribution in [0.2, 0.25) is 0 Å². The largest absolute Gasteiger partial charge is 0.378 e. The molecule has 1 aromatic heterocycles. The van der Waals surface area contributed by atoms with Gasteiger partial charge in [-0.25, -0.2) is 8.42 Å². The van der Waals surface area contributed by atoms with Crippen LogP contribution in [0.5, 0.6) is 0 Å². The molecule has 0 amide bonds. The maximum absolute atomic E-state index is 12.7. The third-order valence-electron chi connectivity index (χ3n) is 3.31. The van der Waals surface area contributed by atoms with Crippen molar-refractivity contribution in [2.24, 2.45) is 0 Å². The lowest BCUT2D eigenvalue weighted by atomic mass is 10.2. The molecule has 22 heavy (non-hydrogen) atoms. The first-order valence-corrected chi connectivity index (χ1v) is 9.91. The molecule has 1 aromatic carbocycles. The monoisotopic (exact) mass is 402 g/mol. The molecule has 0 atom stereocenters. The van der Waals surface area contributed by atoms with Gasteiger partial charge in [0.2, 0.25) is 0 Å². The minimum atomic E-state index is -3.44. The zero-order chi connectivity index (χ0) is 16.3. The molecule has 2 rings (SSSR count). The van der Waals surface area contributed by atoms with Crippen molar-refractivity contribution < 1.29 is 8.42 Å². The van der Waals surface area contributed by atoms with E-state index in [-0.39, 0.29) is 0 Å². The lowest BCUT2D eigenvalue weighted by molar-refractivity contribution is 0.425. The van der Waals surface area contributed by atoms with E-state index in [4.69, 9.17) is 0 Å². The van der Waals surface area contributed by atoms with Crippen LogP contribution in [0.4, 0.5) is 5.69 Å². The van der Waals surface area contributed by atoms with Crippen LogP contribution >= 0.6 is 27.3 Å². The minimum Gasteiger partial charge on any atom is -0.378 e. The molecule has 0 saturated heterocycles. The highest BCUT2D eigenvalue weighted by Crippen LogP contribution is 2.29. The fourth-order valence-corrected chi connectivity index (χ4v) is 5.63. The van der Waals surface area contributed by atoms with Crippen LogP contribution in [-0.4, -0.2) is 33.4 Å². The van der Waals surface area contributed by atoms with Crippen molar-refractivity contribution in [3.05, 3.63) is 45.7 Å². The maximum atomic E-state index is 12.7. The molecule has 0 radical (unpaired) electrons. The first-order chi connectivity index (χ1) is 10.3. The Morgan fingerprint density at radius 3 is 2.18 bits per heavy atom. The quantitative estimate of drug-likeness (QED) is 0.737. The Labute approximate surface area is 144 Å². The van der Waals surface area contributed by atoms with Gasteiger partial charge in [0, 0.05) is 32.9 Å². The minimum absolute atomic E-state index is 0.367. The van der Waals surface area contributed by atoms with Crippen LogP contribution in [0.1, 0.15) is 12.5 Å². The summed E-state index contributed by atoms with van der Waals surface area (Å²) in [5.41, 5.74) is 2.07. The van der Waals surface area contributed by atoms with Gasteiger partial charge in [-0.15, -0.1) is 11.3 Å². The average molecular weight is 403 g/mol. The van der Waals surface area contributed by atoms with E-state index in [2.05, 4.69) is 15.9 Å². The highest BCUT2D eigenvalue weighted by molar-refractivity contribution is 9.11. The Hall–Kier alpha value is -0.890. The zero-order valence-electron chi connectivity index (χ0n) is 12.8. The van der Waals surface area contributed by atoms with Gasteiger partial charge >= 0.3 is 0 Å². The molecule has 120 valence electrons. The molecule has 0 aliphatic heterocycles. The molecule has 0 N–H and O–H groups in total. The van der Waals surface area contributed by atoms with Crippen molar-refractivity contribution in [3.63, 3.8) is 0 Å². The van der Waals surface area contributed by atoms with Crippen LogP contribution in [0, 0.1) is 0 Å². The van der Waals surface area contributed by atoms with Crippen LogP contribution in [0.25, 0.3) is 0 Å². The number of nitrogens with zero attached hydrogens (tertiary/aromatic N) is 2. The van der Waals surface area contributed by atoms with Gasteiger partial charge in [-0.1, -0.05) is 19.1 Å². The number of anilines is 1. The molecule has 0 fully saturated rings. The van der Waals surface area contributed by atoms with Crippen LogP contribution in [-0.2, 0) is 16.6 Å². The van der Waals surface area contributed by atoms with Crippen LogP contribution in [0.15, 0.2) is 44.4 Å². The molecule has 1 heterocycles. The average Bonchev–Trinajstić information content (AvgIpc) is 2.92. The Balaban J connectivity index is 2.21. The van der Waals surface area contributed by atoms with Gasteiger partial charge in [0.1, 0.15) is 4.21 Å². The molecule has 0 unspecified atom stereocenters. The fourth-order valence-electron chi connectivity index (χ4n) is 2.03. The number of hydrogen-bond acceptors (Lipinski definition) is 4. The number of benzene rings is 1. The second-order valence-electron chi connectivity index (χ2n) is 5.05. The summed E-state index contributed by atoms with van der Waals surface area (Å²) in [4.78, 5) is 2.02. The van der Waals surface area contributed by atoms with Crippen molar-refractivity contribution in [1.82, 2.24) is 4.31 Å². The lowest BCUT2D eigenvalue weighted by Crippen LogP contribution is -2.29. The van der Waals surface area contributed by atoms with E-state index in [0.717, 1.165) is 15.0 Å². The van der Waals surface area contributed by atoms with Gasteiger partial charge in [-0.3, -0.25) is 0 Å². The third kappa shape index (κ3) is 3.90. The predicted molar refractivity (Wildman–Crippen MR) is 96.1 cm³/mol. The van der Waals surface area contributed by atoms with E-state index in [1.807, 2.05) is 50.2 Å². The fraction of sp³-hybridized carbons (Fsp3) is 0.333. The first-order valence-electron chi connectivity index (χ1n) is 6.86. The number of rotatable bonds is 6. The predicted octanol–water partition coefficient (Wildman–Crippen LogP) is 3.79. The number of thiophene rings is 1. The lowest BCUT2D eigenvalue weighted by Gasteiger charge is -2.20. The van der Waals surface area contributed by atoms with Gasteiger partial charge in [0.05, 0.1) is 3.79 Å². The van der Waals surface area contributed by atoms with E-state index in [1.54, 1.807) is 12.1 Å². The molecule has 7 heteroatoms. The number of hydrogen-bond donors (Lipinski definition) is 0. The topological polar surface area (TPSA) is 40.6 Å². The van der Waals surface area contributed by atoms with Crippen molar-refractivity contribution in [3.8, 4) is 0 Å². The summed E-state index contributed by atoms with van der Waals surface area (Å²) in [5.74, 6) is 0. The van der Waals surface area contributed by atoms with Crippen LogP contribution < -0.4 is 4.90 Å². The molecule has 0 saturated carbocycles. The van der Waals surface area contributed by atoms with Crippen molar-refractivity contribution in [2.75, 3.05) is 25.5 Å². The summed E-state index contributed by atoms with van der Waals surface area (Å²) in [6.07, 6.45) is 0. The molecule has 0 spiro atoms. The Morgan fingerprint density at radius 1 is 1.09 bits per heavy atom. The zero-order valence-corrected chi connectivity index (χ0v) is 16.0. The van der Waals surface area contributed by atoms with Crippen LogP contribution in [0.3, 0.4) is 0 Å². The van der Waals surface area contributed by atoms with E-state index in [9.17, 15) is 8.42 Å². The van der Waals surface area contributed by atoms with E-state index < -0.39 is 10.0 Å². The van der Waals surface area contributed by atoms with E-state index in [1.165, 1.54) is 15.6 Å². The SMILES string of the molecule is CCN(Cc1ccc(N(C)C)cc1)S(=O)(=O)c1ccc(Br)s1. The summed E-state index contributed by atoms with van der Waals surface area (Å²) >= 11 is 4.55. The smallest absolute Gasteiger partial charge is 0.252 e. The molecule has 2 aromatic rings. The standard InChI is InChI=1S/C15H19BrN2O2S2/c1-4-18(22(19,20)15-10-9-14(16)21-15)11-12-5-7-13(8-6-12)17(2)3/h5-10H,4,11H2,1-3H3. The normalized spacial score (nSPS) is 11.9. The van der Waals surface area contributed by atoms with E-state index in [0.29, 0.717) is 17.3 Å². The van der Waals surface area contributed by atoms with E-state index >= 15 is 0 Å². The molecule has 0 aliphatic carbocycles. The number of halogens is 1. The second-order valence-corrected chi connectivity index (χ2v) is 9.68. The Bertz CT molecular complexity index is 724.